The van der Waals surface area contributed by atoms with Crippen LogP contribution in [0, 0.1) is 0 Å². The Morgan fingerprint density at radius 1 is 1.23 bits per heavy atom. The Morgan fingerprint density at radius 2 is 1.96 bits per heavy atom. The molecule has 3 aromatic rings. The van der Waals surface area contributed by atoms with Gasteiger partial charge in [0.05, 0.1) is 17.0 Å². The van der Waals surface area contributed by atoms with Crippen LogP contribution >= 0.6 is 11.6 Å². The summed E-state index contributed by atoms with van der Waals surface area (Å²) in [5.74, 6) is 0.00704. The maximum absolute atomic E-state index is 12.9. The van der Waals surface area contributed by atoms with Crippen molar-refractivity contribution in [2.24, 2.45) is 0 Å². The first-order valence-corrected chi connectivity index (χ1v) is 9.87. The lowest BCUT2D eigenvalue weighted by molar-refractivity contribution is -0.121. The van der Waals surface area contributed by atoms with Gasteiger partial charge in [-0.1, -0.05) is 11.6 Å². The zero-order valence-electron chi connectivity index (χ0n) is 13.6. The highest BCUT2D eigenvalue weighted by Gasteiger charge is 2.61. The van der Waals surface area contributed by atoms with E-state index in [0.717, 1.165) is 5.52 Å². The SMILES string of the molecule is O=C(NCc1nc2ncccc2[nH]1)C1(S(=O)(=O)c2ccc(Cl)cc2)CC1. The molecule has 4 rings (SSSR count). The van der Waals surface area contributed by atoms with Crippen molar-refractivity contribution in [3.8, 4) is 0 Å². The fourth-order valence-corrected chi connectivity index (χ4v) is 4.90. The molecular formula is C17H15ClN4O3S. The molecule has 7 nitrogen and oxygen atoms in total. The predicted octanol–water partition coefficient (Wildman–Crippen LogP) is 2.23. The monoisotopic (exact) mass is 390 g/mol. The number of benzene rings is 1. The molecule has 1 aliphatic carbocycles. The minimum Gasteiger partial charge on any atom is -0.347 e. The summed E-state index contributed by atoms with van der Waals surface area (Å²) in [4.78, 5) is 24.2. The Morgan fingerprint density at radius 3 is 2.62 bits per heavy atom. The lowest BCUT2D eigenvalue weighted by Crippen LogP contribution is -2.41. The lowest BCUT2D eigenvalue weighted by Gasteiger charge is -2.16. The Bertz CT molecular complexity index is 1060. The largest absolute Gasteiger partial charge is 0.347 e. The molecule has 1 fully saturated rings. The molecule has 9 heteroatoms. The Labute approximate surface area is 154 Å². The first-order valence-electron chi connectivity index (χ1n) is 8.00. The number of nitrogens with one attached hydrogen (secondary N) is 2. The van der Waals surface area contributed by atoms with Gasteiger partial charge in [-0.2, -0.15) is 0 Å². The smallest absolute Gasteiger partial charge is 0.242 e. The second-order valence-electron chi connectivity index (χ2n) is 6.19. The number of hydrogen-bond acceptors (Lipinski definition) is 5. The number of H-pyrrole nitrogens is 1. The van der Waals surface area contributed by atoms with Gasteiger partial charge in [-0.3, -0.25) is 4.79 Å². The van der Waals surface area contributed by atoms with Crippen LogP contribution in [0.25, 0.3) is 11.2 Å². The number of hydrogen-bond donors (Lipinski definition) is 2. The van der Waals surface area contributed by atoms with Crippen molar-refractivity contribution >= 4 is 38.5 Å². The summed E-state index contributed by atoms with van der Waals surface area (Å²) in [7, 11) is -3.79. The molecule has 0 bridgehead atoms. The van der Waals surface area contributed by atoms with Crippen molar-refractivity contribution in [1.82, 2.24) is 20.3 Å². The molecule has 1 aromatic carbocycles. The third-order valence-corrected chi connectivity index (χ3v) is 7.25. The third-order valence-electron chi connectivity index (χ3n) is 4.48. The topological polar surface area (TPSA) is 105 Å². The van der Waals surface area contributed by atoms with Crippen LogP contribution in [0.1, 0.15) is 18.7 Å². The van der Waals surface area contributed by atoms with E-state index in [2.05, 4.69) is 20.3 Å². The van der Waals surface area contributed by atoms with Crippen LogP contribution in [-0.2, 0) is 21.2 Å². The van der Waals surface area contributed by atoms with Gasteiger partial charge < -0.3 is 10.3 Å². The number of amides is 1. The summed E-state index contributed by atoms with van der Waals surface area (Å²) < 4.78 is 24.4. The highest BCUT2D eigenvalue weighted by Crippen LogP contribution is 2.47. The molecule has 134 valence electrons. The van der Waals surface area contributed by atoms with E-state index in [1.54, 1.807) is 12.3 Å². The molecular weight excluding hydrogens is 376 g/mol. The number of imidazole rings is 1. The molecule has 2 N–H and O–H groups in total. The first-order chi connectivity index (χ1) is 12.4. The van der Waals surface area contributed by atoms with Crippen LogP contribution in [0.2, 0.25) is 5.02 Å². The van der Waals surface area contributed by atoms with E-state index in [1.165, 1.54) is 24.3 Å². The number of halogens is 1. The van der Waals surface area contributed by atoms with E-state index in [0.29, 0.717) is 29.3 Å². The zero-order chi connectivity index (χ0) is 18.4. The van der Waals surface area contributed by atoms with E-state index >= 15 is 0 Å². The van der Waals surface area contributed by atoms with E-state index in [-0.39, 0.29) is 11.4 Å². The fraction of sp³-hybridized carbons (Fsp3) is 0.235. The van der Waals surface area contributed by atoms with Crippen molar-refractivity contribution in [3.05, 3.63) is 53.4 Å². The minimum absolute atomic E-state index is 0.0995. The van der Waals surface area contributed by atoms with Gasteiger partial charge in [0.2, 0.25) is 5.91 Å². The highest BCUT2D eigenvalue weighted by atomic mass is 35.5. The highest BCUT2D eigenvalue weighted by molar-refractivity contribution is 7.94. The maximum Gasteiger partial charge on any atom is 0.242 e. The molecule has 0 radical (unpaired) electrons. The van der Waals surface area contributed by atoms with Gasteiger partial charge in [-0.05, 0) is 49.2 Å². The number of carbonyl (C=O) groups is 1. The number of carbonyl (C=O) groups excluding carboxylic acids is 1. The maximum atomic E-state index is 12.9. The molecule has 2 aromatic heterocycles. The average molecular weight is 391 g/mol. The predicted molar refractivity (Wildman–Crippen MR) is 96.3 cm³/mol. The van der Waals surface area contributed by atoms with Crippen molar-refractivity contribution in [2.75, 3.05) is 0 Å². The van der Waals surface area contributed by atoms with Crippen LogP contribution in [0.5, 0.6) is 0 Å². The Balaban J connectivity index is 1.52. The fourth-order valence-electron chi connectivity index (χ4n) is 2.87. The number of pyridine rings is 1. The molecule has 0 atom stereocenters. The Kier molecular flexibility index (Phi) is 3.96. The molecule has 0 spiro atoms. The second-order valence-corrected chi connectivity index (χ2v) is 8.89. The summed E-state index contributed by atoms with van der Waals surface area (Å²) >= 11 is 5.82. The zero-order valence-corrected chi connectivity index (χ0v) is 15.1. The number of aromatic amines is 1. The number of aromatic nitrogens is 3. The van der Waals surface area contributed by atoms with E-state index in [4.69, 9.17) is 11.6 Å². The number of fused-ring (bicyclic) bond motifs is 1. The van der Waals surface area contributed by atoms with Crippen molar-refractivity contribution in [2.45, 2.75) is 29.0 Å². The molecule has 0 aliphatic heterocycles. The van der Waals surface area contributed by atoms with Gasteiger partial charge >= 0.3 is 0 Å². The number of nitrogens with zero attached hydrogens (tertiary/aromatic N) is 2. The Hall–Kier alpha value is -2.45. The van der Waals surface area contributed by atoms with Crippen LogP contribution in [0.3, 0.4) is 0 Å². The van der Waals surface area contributed by atoms with Crippen molar-refractivity contribution in [1.29, 1.82) is 0 Å². The van der Waals surface area contributed by atoms with Crippen LogP contribution in [0.15, 0.2) is 47.5 Å². The molecule has 26 heavy (non-hydrogen) atoms. The summed E-state index contributed by atoms with van der Waals surface area (Å²) in [6, 6.07) is 9.47. The van der Waals surface area contributed by atoms with Crippen LogP contribution < -0.4 is 5.32 Å². The lowest BCUT2D eigenvalue weighted by atomic mass is 10.3. The quantitative estimate of drug-likeness (QED) is 0.695. The molecule has 1 aliphatic rings. The van der Waals surface area contributed by atoms with Crippen molar-refractivity contribution < 1.29 is 13.2 Å². The number of sulfone groups is 1. The van der Waals surface area contributed by atoms with E-state index in [1.807, 2.05) is 6.07 Å². The third kappa shape index (κ3) is 2.75. The molecule has 1 amide bonds. The first kappa shape index (κ1) is 17.0. The van der Waals surface area contributed by atoms with E-state index < -0.39 is 20.5 Å². The standard InChI is InChI=1S/C17H15ClN4O3S/c18-11-3-5-12(6-4-11)26(24,25)17(7-8-17)16(23)20-10-14-21-13-2-1-9-19-15(13)22-14/h1-6,9H,7-8,10H2,(H,20,23)(H,19,21,22). The molecule has 0 unspecified atom stereocenters. The normalized spacial score (nSPS) is 15.7. The van der Waals surface area contributed by atoms with Gasteiger partial charge in [0.15, 0.2) is 20.2 Å². The van der Waals surface area contributed by atoms with Crippen LogP contribution in [0.4, 0.5) is 0 Å². The van der Waals surface area contributed by atoms with Gasteiger partial charge in [-0.15, -0.1) is 0 Å². The molecule has 1 saturated carbocycles. The van der Waals surface area contributed by atoms with E-state index in [9.17, 15) is 13.2 Å². The summed E-state index contributed by atoms with van der Waals surface area (Å²) in [5.41, 5.74) is 1.30. The average Bonchev–Trinajstić information content (AvgIpc) is 3.35. The van der Waals surface area contributed by atoms with Crippen molar-refractivity contribution in [3.63, 3.8) is 0 Å². The van der Waals surface area contributed by atoms with Gasteiger partial charge in [0, 0.05) is 11.2 Å². The second kappa shape index (κ2) is 6.07. The van der Waals surface area contributed by atoms with Gasteiger partial charge in [-0.25, -0.2) is 18.4 Å². The summed E-state index contributed by atoms with van der Waals surface area (Å²) in [6.45, 7) is 0.104. The number of rotatable bonds is 5. The summed E-state index contributed by atoms with van der Waals surface area (Å²) in [6.07, 6.45) is 2.22. The van der Waals surface area contributed by atoms with Gasteiger partial charge in [0.1, 0.15) is 5.82 Å². The molecule has 0 saturated heterocycles. The molecule has 2 heterocycles. The van der Waals surface area contributed by atoms with Crippen LogP contribution in [-0.4, -0.2) is 34.0 Å². The minimum atomic E-state index is -3.79. The van der Waals surface area contributed by atoms with Gasteiger partial charge in [0.25, 0.3) is 0 Å². The summed E-state index contributed by atoms with van der Waals surface area (Å²) in [5, 5.41) is 3.13.